The summed E-state index contributed by atoms with van der Waals surface area (Å²) in [5.41, 5.74) is 0.742. The Morgan fingerprint density at radius 3 is 2.42 bits per heavy atom. The van der Waals surface area contributed by atoms with Gasteiger partial charge < -0.3 is 13.7 Å². The van der Waals surface area contributed by atoms with Gasteiger partial charge in [0.2, 0.25) is 0 Å². The van der Waals surface area contributed by atoms with Gasteiger partial charge in [-0.2, -0.15) is 0 Å². The summed E-state index contributed by atoms with van der Waals surface area (Å²) < 4.78 is 16.2. The van der Waals surface area contributed by atoms with Crippen molar-refractivity contribution in [1.82, 2.24) is 0 Å². The maximum absolute atomic E-state index is 5.50. The summed E-state index contributed by atoms with van der Waals surface area (Å²) in [6.45, 7) is 3.99. The number of hydrogen-bond donors (Lipinski definition) is 0. The molecule has 0 aromatic carbocycles. The molecule has 0 amide bonds. The Kier molecular flexibility index (Phi) is 1.94. The fraction of sp³-hybridized carbons (Fsp3) is 0.500. The van der Waals surface area contributed by atoms with Gasteiger partial charge in [-0.1, -0.05) is 0 Å². The highest BCUT2D eigenvalue weighted by atomic mass is 16.7. The summed E-state index contributed by atoms with van der Waals surface area (Å²) in [5.74, 6) is 0. The minimum atomic E-state index is -0.315. The average molecular weight is 166 g/mol. The third kappa shape index (κ3) is 1.28. The molecule has 0 spiro atoms. The van der Waals surface area contributed by atoms with Crippen molar-refractivity contribution in [2.45, 2.75) is 26.1 Å². The lowest BCUT2D eigenvalue weighted by molar-refractivity contribution is 0.187. The van der Waals surface area contributed by atoms with Crippen molar-refractivity contribution in [2.75, 3.05) is 0 Å². The SMILES string of the molecule is CC1OB(c2ccco2)OC1C. The van der Waals surface area contributed by atoms with Crippen molar-refractivity contribution in [3.63, 3.8) is 0 Å². The van der Waals surface area contributed by atoms with Crippen LogP contribution in [0.1, 0.15) is 13.8 Å². The molecule has 2 heterocycles. The van der Waals surface area contributed by atoms with Crippen LogP contribution in [0.15, 0.2) is 22.8 Å². The van der Waals surface area contributed by atoms with Gasteiger partial charge in [0.15, 0.2) is 0 Å². The van der Waals surface area contributed by atoms with E-state index in [0.717, 1.165) is 5.66 Å². The first-order valence-corrected chi connectivity index (χ1v) is 4.11. The number of furan rings is 1. The van der Waals surface area contributed by atoms with E-state index in [1.165, 1.54) is 0 Å². The molecule has 2 unspecified atom stereocenters. The lowest BCUT2D eigenvalue weighted by Gasteiger charge is -2.04. The first kappa shape index (κ1) is 7.89. The Morgan fingerprint density at radius 1 is 1.25 bits per heavy atom. The van der Waals surface area contributed by atoms with Gasteiger partial charge in [0.1, 0.15) is 5.66 Å². The van der Waals surface area contributed by atoms with E-state index in [0.29, 0.717) is 0 Å². The van der Waals surface area contributed by atoms with Crippen LogP contribution in [-0.4, -0.2) is 19.3 Å². The van der Waals surface area contributed by atoms with Gasteiger partial charge in [-0.15, -0.1) is 0 Å². The normalized spacial score (nSPS) is 29.7. The lowest BCUT2D eigenvalue weighted by atomic mass is 9.87. The second-order valence-corrected chi connectivity index (χ2v) is 3.03. The van der Waals surface area contributed by atoms with Crippen LogP contribution in [0.25, 0.3) is 0 Å². The molecule has 2 atom stereocenters. The van der Waals surface area contributed by atoms with Crippen LogP contribution in [0.5, 0.6) is 0 Å². The molecule has 0 N–H and O–H groups in total. The van der Waals surface area contributed by atoms with Gasteiger partial charge >= 0.3 is 7.12 Å². The molecule has 1 saturated heterocycles. The molecule has 0 saturated carbocycles. The van der Waals surface area contributed by atoms with Gasteiger partial charge in [-0.3, -0.25) is 0 Å². The highest BCUT2D eigenvalue weighted by molar-refractivity contribution is 6.60. The van der Waals surface area contributed by atoms with E-state index in [1.807, 2.05) is 26.0 Å². The Morgan fingerprint density at radius 2 is 1.92 bits per heavy atom. The molecule has 1 aliphatic rings. The van der Waals surface area contributed by atoms with Gasteiger partial charge in [0, 0.05) is 0 Å². The Bertz CT molecular complexity index is 237. The molecule has 0 aliphatic carbocycles. The van der Waals surface area contributed by atoms with Crippen LogP contribution in [0, 0.1) is 0 Å². The summed E-state index contributed by atoms with van der Waals surface area (Å²) in [6, 6.07) is 3.69. The van der Waals surface area contributed by atoms with Crippen LogP contribution >= 0.6 is 0 Å². The average Bonchev–Trinajstić information content (AvgIpc) is 2.61. The van der Waals surface area contributed by atoms with Crippen molar-refractivity contribution in [3.05, 3.63) is 18.4 Å². The fourth-order valence-electron chi connectivity index (χ4n) is 1.20. The van der Waals surface area contributed by atoms with Crippen LogP contribution in [0.3, 0.4) is 0 Å². The molecule has 3 nitrogen and oxygen atoms in total. The predicted molar refractivity (Wildman–Crippen MR) is 45.2 cm³/mol. The predicted octanol–water partition coefficient (Wildman–Crippen LogP) is 0.799. The molecule has 1 aromatic heterocycles. The second kappa shape index (κ2) is 2.96. The number of hydrogen-bond acceptors (Lipinski definition) is 3. The van der Waals surface area contributed by atoms with E-state index >= 15 is 0 Å². The molecule has 64 valence electrons. The van der Waals surface area contributed by atoms with Crippen molar-refractivity contribution in [1.29, 1.82) is 0 Å². The van der Waals surface area contributed by atoms with E-state index in [4.69, 9.17) is 13.7 Å². The highest BCUT2D eigenvalue weighted by Crippen LogP contribution is 2.15. The Hall–Kier alpha value is -0.735. The Labute approximate surface area is 71.8 Å². The van der Waals surface area contributed by atoms with E-state index in [9.17, 15) is 0 Å². The summed E-state index contributed by atoms with van der Waals surface area (Å²) in [6.07, 6.45) is 1.90. The van der Waals surface area contributed by atoms with Gasteiger partial charge in [-0.25, -0.2) is 0 Å². The van der Waals surface area contributed by atoms with E-state index in [-0.39, 0.29) is 19.3 Å². The smallest absolute Gasteiger partial charge is 0.473 e. The standard InChI is InChI=1S/C8H11BO3/c1-6-7(2)12-9(11-6)8-4-3-5-10-8/h3-7H,1-2H3. The Balaban J connectivity index is 2.09. The minimum Gasteiger partial charge on any atom is -0.473 e. The van der Waals surface area contributed by atoms with E-state index in [1.54, 1.807) is 6.26 Å². The van der Waals surface area contributed by atoms with E-state index in [2.05, 4.69) is 0 Å². The zero-order valence-corrected chi connectivity index (χ0v) is 7.19. The molecule has 4 heteroatoms. The monoisotopic (exact) mass is 166 g/mol. The first-order chi connectivity index (χ1) is 5.77. The second-order valence-electron chi connectivity index (χ2n) is 3.03. The van der Waals surface area contributed by atoms with Crippen molar-refractivity contribution >= 4 is 12.8 Å². The van der Waals surface area contributed by atoms with Gasteiger partial charge in [0.05, 0.1) is 18.5 Å². The molecule has 1 aromatic rings. The molecule has 1 fully saturated rings. The number of rotatable bonds is 1. The van der Waals surface area contributed by atoms with Crippen LogP contribution in [0.4, 0.5) is 0 Å². The van der Waals surface area contributed by atoms with Gasteiger partial charge in [0.25, 0.3) is 0 Å². The molecule has 0 bridgehead atoms. The maximum Gasteiger partial charge on any atom is 0.532 e. The highest BCUT2D eigenvalue weighted by Gasteiger charge is 2.37. The molecule has 12 heavy (non-hydrogen) atoms. The van der Waals surface area contributed by atoms with Crippen LogP contribution in [0.2, 0.25) is 0 Å². The van der Waals surface area contributed by atoms with Crippen molar-refractivity contribution in [2.24, 2.45) is 0 Å². The zero-order valence-electron chi connectivity index (χ0n) is 7.19. The maximum atomic E-state index is 5.50. The van der Waals surface area contributed by atoms with Crippen LogP contribution in [-0.2, 0) is 9.31 Å². The summed E-state index contributed by atoms with van der Waals surface area (Å²) in [5, 5.41) is 0. The van der Waals surface area contributed by atoms with E-state index < -0.39 is 0 Å². The van der Waals surface area contributed by atoms with Crippen molar-refractivity contribution in [3.8, 4) is 0 Å². The van der Waals surface area contributed by atoms with Gasteiger partial charge in [-0.05, 0) is 26.0 Å². The van der Waals surface area contributed by atoms with Crippen molar-refractivity contribution < 1.29 is 13.7 Å². The molecular weight excluding hydrogens is 155 g/mol. The third-order valence-corrected chi connectivity index (χ3v) is 2.11. The largest absolute Gasteiger partial charge is 0.532 e. The zero-order chi connectivity index (χ0) is 8.55. The molecular formula is C8H11BO3. The summed E-state index contributed by atoms with van der Waals surface area (Å²) in [7, 11) is -0.315. The van der Waals surface area contributed by atoms with Crippen LogP contribution < -0.4 is 5.66 Å². The quantitative estimate of drug-likeness (QED) is 0.578. The lowest BCUT2D eigenvalue weighted by Crippen LogP contribution is -2.30. The topological polar surface area (TPSA) is 31.6 Å². The summed E-state index contributed by atoms with van der Waals surface area (Å²) in [4.78, 5) is 0. The minimum absolute atomic E-state index is 0.139. The molecule has 2 rings (SSSR count). The fourth-order valence-corrected chi connectivity index (χ4v) is 1.20. The first-order valence-electron chi connectivity index (χ1n) is 4.11. The molecule has 0 radical (unpaired) electrons. The summed E-state index contributed by atoms with van der Waals surface area (Å²) >= 11 is 0. The molecule has 1 aliphatic heterocycles. The third-order valence-electron chi connectivity index (χ3n) is 2.11.